The summed E-state index contributed by atoms with van der Waals surface area (Å²) in [6.07, 6.45) is 0. The molecule has 0 bridgehead atoms. The first kappa shape index (κ1) is 15.9. The Kier molecular flexibility index (Phi) is 15.2. The molecule has 0 heterocycles. The molecular weight excluding hydrogens is 307 g/mol. The molecular formula is H4HfO6S. The Labute approximate surface area is 64.4 Å². The van der Waals surface area contributed by atoms with Crippen LogP contribution >= 0.6 is 0 Å². The second-order valence-electron chi connectivity index (χ2n) is 0.448. The Morgan fingerprint density at radius 1 is 1.00 bits per heavy atom. The fourth-order valence-electron chi connectivity index (χ4n) is 0. The molecule has 0 aliphatic carbocycles. The topological polar surface area (TPSA) is 115 Å². The van der Waals surface area contributed by atoms with Gasteiger partial charge < -0.3 is 0 Å². The van der Waals surface area contributed by atoms with Gasteiger partial charge in [0.1, 0.15) is 0 Å². The molecule has 8 heteroatoms. The first-order valence-corrected chi connectivity index (χ1v) is 2.30. The Morgan fingerprint density at radius 3 is 1.00 bits per heavy atom. The van der Waals surface area contributed by atoms with Crippen LogP contribution in [-0.2, 0) is 36.2 Å². The van der Waals surface area contributed by atoms with Crippen LogP contribution in [-0.4, -0.2) is 28.0 Å². The molecule has 0 aromatic rings. The summed E-state index contributed by atoms with van der Waals surface area (Å²) in [7, 11) is -4.67. The van der Waals surface area contributed by atoms with Crippen molar-refractivity contribution in [2.45, 2.75) is 0 Å². The van der Waals surface area contributed by atoms with Crippen molar-refractivity contribution in [2.75, 3.05) is 0 Å². The maximum atomic E-state index is 8.74. The minimum absolute atomic E-state index is 0. The molecule has 0 aromatic carbocycles. The molecule has 0 saturated heterocycles. The molecule has 4 N–H and O–H groups in total. The summed E-state index contributed by atoms with van der Waals surface area (Å²) in [4.78, 5) is 0. The van der Waals surface area contributed by atoms with Crippen molar-refractivity contribution >= 4 is 10.4 Å². The first-order chi connectivity index (χ1) is 3.00. The normalized spacial score (nSPS) is 8.00. The zero-order chi connectivity index (χ0) is 6.50. The van der Waals surface area contributed by atoms with E-state index in [0.29, 0.717) is 0 Å². The molecule has 6 nitrogen and oxygen atoms in total. The summed E-state index contributed by atoms with van der Waals surface area (Å²) in [6, 6.07) is 0. The van der Waals surface area contributed by atoms with Gasteiger partial charge in [0.25, 0.3) is 0 Å². The van der Waals surface area contributed by atoms with Crippen LogP contribution in [0, 0.1) is 0 Å². The van der Waals surface area contributed by atoms with Crippen LogP contribution in [0.4, 0.5) is 0 Å². The van der Waals surface area contributed by atoms with Gasteiger partial charge in [-0.3, -0.25) is 19.6 Å². The molecule has 0 unspecified atom stereocenters. The van der Waals surface area contributed by atoms with Gasteiger partial charge in [-0.1, -0.05) is 0 Å². The summed E-state index contributed by atoms with van der Waals surface area (Å²) in [5, 5.41) is 12.0. The molecule has 0 spiro atoms. The molecule has 0 radical (unpaired) electrons. The van der Waals surface area contributed by atoms with E-state index >= 15 is 0 Å². The van der Waals surface area contributed by atoms with Crippen molar-refractivity contribution in [2.24, 2.45) is 0 Å². The third kappa shape index (κ3) is 490. The molecule has 0 aliphatic heterocycles. The van der Waals surface area contributed by atoms with Crippen LogP contribution < -0.4 is 0 Å². The van der Waals surface area contributed by atoms with Crippen LogP contribution in [0.15, 0.2) is 0 Å². The van der Waals surface area contributed by atoms with Crippen molar-refractivity contribution in [1.29, 1.82) is 0 Å². The minimum Gasteiger partial charge on any atom is -0.264 e. The summed E-state index contributed by atoms with van der Waals surface area (Å²) >= 11 is 0. The van der Waals surface area contributed by atoms with Crippen molar-refractivity contribution in [1.82, 2.24) is 0 Å². The van der Waals surface area contributed by atoms with E-state index in [1.54, 1.807) is 0 Å². The summed E-state index contributed by atoms with van der Waals surface area (Å²) in [5.41, 5.74) is 0. The molecule has 0 rings (SSSR count). The van der Waals surface area contributed by atoms with Gasteiger partial charge in [-0.15, -0.1) is 0 Å². The molecule has 50 valence electrons. The van der Waals surface area contributed by atoms with Crippen LogP contribution in [0.5, 0.6) is 0 Å². The van der Waals surface area contributed by atoms with Gasteiger partial charge in [0.15, 0.2) is 0 Å². The standard InChI is InChI=1S/Hf.H2O4S.H2O2/c;1-5(2,3)4;1-2/h;(H2,1,2,3,4);1-2H. The third-order valence-corrected chi connectivity index (χ3v) is 0. The summed E-state index contributed by atoms with van der Waals surface area (Å²) in [6.45, 7) is 0. The molecule has 0 amide bonds. The molecule has 0 fully saturated rings. The van der Waals surface area contributed by atoms with E-state index < -0.39 is 10.4 Å². The second kappa shape index (κ2) is 7.66. The fraction of sp³-hybridized carbons (Fsp3) is 0. The average Bonchev–Trinajstić information content (AvgIpc) is 1.36. The van der Waals surface area contributed by atoms with Crippen molar-refractivity contribution in [3.05, 3.63) is 0 Å². The Morgan fingerprint density at radius 2 is 1.00 bits per heavy atom. The molecule has 0 aromatic heterocycles. The monoisotopic (exact) mass is 312 g/mol. The zero-order valence-corrected chi connectivity index (χ0v) is 7.92. The van der Waals surface area contributed by atoms with Crippen molar-refractivity contribution in [3.63, 3.8) is 0 Å². The predicted octanol–water partition coefficient (Wildman–Crippen LogP) is -0.638. The Bertz CT molecular complexity index is 91.7. The molecule has 8 heavy (non-hydrogen) atoms. The minimum atomic E-state index is -4.67. The first-order valence-electron chi connectivity index (χ1n) is 0.898. The average molecular weight is 311 g/mol. The smallest absolute Gasteiger partial charge is 0.264 e. The largest absolute Gasteiger partial charge is 0.394 e. The van der Waals surface area contributed by atoms with Crippen LogP contribution in [0.2, 0.25) is 0 Å². The van der Waals surface area contributed by atoms with E-state index in [4.69, 9.17) is 28.0 Å². The molecule has 0 atom stereocenters. The van der Waals surface area contributed by atoms with Gasteiger partial charge in [-0.05, 0) is 0 Å². The van der Waals surface area contributed by atoms with E-state index in [1.165, 1.54) is 0 Å². The van der Waals surface area contributed by atoms with Gasteiger partial charge in [0.05, 0.1) is 0 Å². The van der Waals surface area contributed by atoms with Crippen LogP contribution in [0.1, 0.15) is 0 Å². The van der Waals surface area contributed by atoms with Crippen molar-refractivity contribution < 1.29 is 53.9 Å². The van der Waals surface area contributed by atoms with Gasteiger partial charge in [-0.25, -0.2) is 0 Å². The Balaban J connectivity index is -0.0000000750. The SMILES string of the molecule is O=S(=O)(O)O.OO.[Hf]. The maximum absolute atomic E-state index is 8.74. The predicted molar refractivity (Wildman–Crippen MR) is 19.4 cm³/mol. The third-order valence-electron chi connectivity index (χ3n) is 0. The van der Waals surface area contributed by atoms with E-state index in [2.05, 4.69) is 0 Å². The van der Waals surface area contributed by atoms with Gasteiger partial charge in [0, 0.05) is 25.8 Å². The number of hydrogen-bond acceptors (Lipinski definition) is 4. The van der Waals surface area contributed by atoms with Crippen molar-refractivity contribution in [3.8, 4) is 0 Å². The maximum Gasteiger partial charge on any atom is 0.394 e. The van der Waals surface area contributed by atoms with Gasteiger partial charge in [0.2, 0.25) is 0 Å². The second-order valence-corrected chi connectivity index (χ2v) is 1.34. The van der Waals surface area contributed by atoms with E-state index in [1.807, 2.05) is 0 Å². The van der Waals surface area contributed by atoms with E-state index in [0.717, 1.165) is 0 Å². The van der Waals surface area contributed by atoms with E-state index in [9.17, 15) is 0 Å². The van der Waals surface area contributed by atoms with Gasteiger partial charge >= 0.3 is 10.4 Å². The van der Waals surface area contributed by atoms with E-state index in [-0.39, 0.29) is 25.8 Å². The molecule has 0 saturated carbocycles. The molecule has 0 aliphatic rings. The number of rotatable bonds is 0. The zero-order valence-electron chi connectivity index (χ0n) is 3.51. The van der Waals surface area contributed by atoms with Crippen LogP contribution in [0.3, 0.4) is 0 Å². The fourth-order valence-corrected chi connectivity index (χ4v) is 0. The Hall–Kier alpha value is 0.660. The van der Waals surface area contributed by atoms with Crippen LogP contribution in [0.25, 0.3) is 0 Å². The number of hydrogen-bond donors (Lipinski definition) is 4. The summed E-state index contributed by atoms with van der Waals surface area (Å²) in [5.74, 6) is 0. The quantitative estimate of drug-likeness (QED) is 0.205. The summed E-state index contributed by atoms with van der Waals surface area (Å²) < 4.78 is 31.6. The van der Waals surface area contributed by atoms with Gasteiger partial charge in [-0.2, -0.15) is 8.42 Å².